The van der Waals surface area contributed by atoms with E-state index in [1.807, 2.05) is 12.1 Å². The van der Waals surface area contributed by atoms with Gasteiger partial charge in [0.1, 0.15) is 0 Å². The van der Waals surface area contributed by atoms with Crippen LogP contribution in [0, 0.1) is 0 Å². The summed E-state index contributed by atoms with van der Waals surface area (Å²) in [5.74, 6) is 0.348. The van der Waals surface area contributed by atoms with Gasteiger partial charge in [-0.1, -0.05) is 11.6 Å². The zero-order valence-electron chi connectivity index (χ0n) is 17.4. The second kappa shape index (κ2) is 10.6. The lowest BCUT2D eigenvalue weighted by Crippen LogP contribution is -2.25. The molecule has 2 aromatic rings. The van der Waals surface area contributed by atoms with E-state index in [0.29, 0.717) is 18.1 Å². The molecule has 1 aliphatic rings. The van der Waals surface area contributed by atoms with Crippen molar-refractivity contribution in [3.05, 3.63) is 53.9 Å². The molecule has 6 nitrogen and oxygen atoms in total. The van der Waals surface area contributed by atoms with Gasteiger partial charge in [-0.05, 0) is 70.2 Å². The fourth-order valence-electron chi connectivity index (χ4n) is 3.55. The van der Waals surface area contributed by atoms with Crippen LogP contribution in [0.1, 0.15) is 56.3 Å². The molecule has 1 aromatic heterocycles. The predicted molar refractivity (Wildman–Crippen MR) is 119 cm³/mol. The van der Waals surface area contributed by atoms with Crippen molar-refractivity contribution in [2.45, 2.75) is 46.0 Å². The molecule has 0 radical (unpaired) electrons. The largest absolute Gasteiger partial charge is 0.372 e. The number of hydrogen-bond acceptors (Lipinski definition) is 5. The van der Waals surface area contributed by atoms with E-state index in [4.69, 9.17) is 0 Å². The van der Waals surface area contributed by atoms with Crippen LogP contribution in [0.2, 0.25) is 0 Å². The van der Waals surface area contributed by atoms with E-state index in [0.717, 1.165) is 31.6 Å². The van der Waals surface area contributed by atoms with Crippen LogP contribution in [0.15, 0.2) is 48.3 Å². The lowest BCUT2D eigenvalue weighted by molar-refractivity contribution is 0.0953. The Morgan fingerprint density at radius 2 is 1.79 bits per heavy atom. The molecule has 0 fully saturated rings. The molecule has 1 amide bonds. The Labute approximate surface area is 173 Å². The number of anilines is 3. The van der Waals surface area contributed by atoms with Crippen molar-refractivity contribution in [2.75, 3.05) is 29.9 Å². The molecule has 1 aliphatic carbocycles. The van der Waals surface area contributed by atoms with Crippen molar-refractivity contribution in [1.82, 2.24) is 15.3 Å². The first kappa shape index (κ1) is 20.8. The summed E-state index contributed by atoms with van der Waals surface area (Å²) >= 11 is 0. The number of allylic oxidation sites excluding steroid dienone is 1. The smallest absolute Gasteiger partial charge is 0.254 e. The van der Waals surface area contributed by atoms with E-state index in [-0.39, 0.29) is 5.91 Å². The molecule has 3 rings (SSSR count). The van der Waals surface area contributed by atoms with E-state index in [1.54, 1.807) is 12.4 Å². The van der Waals surface area contributed by atoms with Crippen LogP contribution in [0.4, 0.5) is 17.3 Å². The molecule has 0 bridgehead atoms. The minimum atomic E-state index is -0.128. The van der Waals surface area contributed by atoms with Crippen LogP contribution in [0.5, 0.6) is 0 Å². The summed E-state index contributed by atoms with van der Waals surface area (Å²) < 4.78 is 0. The summed E-state index contributed by atoms with van der Waals surface area (Å²) in [5.41, 5.74) is 4.04. The van der Waals surface area contributed by atoms with Crippen molar-refractivity contribution in [1.29, 1.82) is 0 Å². The number of nitrogens with zero attached hydrogens (tertiary/aromatic N) is 3. The zero-order valence-corrected chi connectivity index (χ0v) is 17.4. The van der Waals surface area contributed by atoms with Crippen LogP contribution in [-0.2, 0) is 0 Å². The van der Waals surface area contributed by atoms with Gasteiger partial charge in [0.05, 0.1) is 5.56 Å². The predicted octanol–water partition coefficient (Wildman–Crippen LogP) is 4.69. The number of carbonyl (C=O) groups is 1. The van der Waals surface area contributed by atoms with Crippen LogP contribution >= 0.6 is 0 Å². The highest BCUT2D eigenvalue weighted by Crippen LogP contribution is 2.20. The van der Waals surface area contributed by atoms with Crippen LogP contribution < -0.4 is 15.5 Å². The molecule has 0 unspecified atom stereocenters. The number of hydrogen-bond donors (Lipinski definition) is 2. The van der Waals surface area contributed by atoms with Crippen LogP contribution in [0.25, 0.3) is 0 Å². The second-order valence-corrected chi connectivity index (χ2v) is 7.25. The first-order chi connectivity index (χ1) is 14.2. The summed E-state index contributed by atoms with van der Waals surface area (Å²) in [6, 6.07) is 8.19. The van der Waals surface area contributed by atoms with Gasteiger partial charge in [0.2, 0.25) is 5.95 Å². The number of benzene rings is 1. The molecule has 0 spiro atoms. The highest BCUT2D eigenvalue weighted by Gasteiger charge is 2.09. The summed E-state index contributed by atoms with van der Waals surface area (Å²) in [7, 11) is 0. The van der Waals surface area contributed by atoms with Crippen molar-refractivity contribution in [2.24, 2.45) is 0 Å². The molecule has 0 saturated carbocycles. The Balaban J connectivity index is 1.50. The number of nitrogens with one attached hydrogen (secondary N) is 2. The Bertz CT molecular complexity index is 810. The maximum atomic E-state index is 12.3. The van der Waals surface area contributed by atoms with Crippen LogP contribution in [-0.4, -0.2) is 35.5 Å². The quantitative estimate of drug-likeness (QED) is 0.605. The maximum absolute atomic E-state index is 12.3. The molecule has 0 aliphatic heterocycles. The number of carbonyl (C=O) groups excluding carboxylic acids is 1. The van der Waals surface area contributed by atoms with E-state index in [2.05, 4.69) is 57.6 Å². The van der Waals surface area contributed by atoms with Gasteiger partial charge in [-0.15, -0.1) is 0 Å². The molecule has 1 heterocycles. The third-order valence-electron chi connectivity index (χ3n) is 5.28. The Kier molecular flexibility index (Phi) is 7.61. The summed E-state index contributed by atoms with van der Waals surface area (Å²) in [6.45, 7) is 6.91. The van der Waals surface area contributed by atoms with Crippen molar-refractivity contribution >= 4 is 23.2 Å². The van der Waals surface area contributed by atoms with Gasteiger partial charge in [-0.3, -0.25) is 4.79 Å². The number of rotatable bonds is 9. The van der Waals surface area contributed by atoms with Crippen molar-refractivity contribution < 1.29 is 4.79 Å². The Hall–Kier alpha value is -2.89. The normalized spacial score (nSPS) is 13.5. The third kappa shape index (κ3) is 6.04. The Morgan fingerprint density at radius 1 is 1.07 bits per heavy atom. The molecule has 154 valence electrons. The van der Waals surface area contributed by atoms with Crippen molar-refractivity contribution in [3.63, 3.8) is 0 Å². The molecule has 2 N–H and O–H groups in total. The fraction of sp³-hybridized carbons (Fsp3) is 0.435. The fourth-order valence-corrected chi connectivity index (χ4v) is 3.55. The highest BCUT2D eigenvalue weighted by molar-refractivity contribution is 5.93. The highest BCUT2D eigenvalue weighted by atomic mass is 16.1. The lowest BCUT2D eigenvalue weighted by Gasteiger charge is -2.21. The van der Waals surface area contributed by atoms with Gasteiger partial charge in [0.15, 0.2) is 0 Å². The third-order valence-corrected chi connectivity index (χ3v) is 5.28. The molecule has 0 atom stereocenters. The van der Waals surface area contributed by atoms with Gasteiger partial charge < -0.3 is 15.5 Å². The van der Waals surface area contributed by atoms with E-state index in [9.17, 15) is 4.79 Å². The number of aromatic nitrogens is 2. The summed E-state index contributed by atoms with van der Waals surface area (Å²) in [6.07, 6.45) is 11.3. The molecule has 6 heteroatoms. The lowest BCUT2D eigenvalue weighted by atomic mass is 9.97. The standard InChI is InChI=1S/C23H31N5O/c1-3-28(4-2)21-12-10-20(11-13-21)27-23-25-16-19(17-26-23)22(29)24-15-14-18-8-6-5-7-9-18/h8,10-13,16-17H,3-7,9,14-15H2,1-2H3,(H,24,29)(H,25,26,27). The first-order valence-electron chi connectivity index (χ1n) is 10.6. The van der Waals surface area contributed by atoms with Gasteiger partial charge >= 0.3 is 0 Å². The summed E-state index contributed by atoms with van der Waals surface area (Å²) in [5, 5.41) is 6.14. The van der Waals surface area contributed by atoms with E-state index in [1.165, 1.54) is 30.5 Å². The minimum absolute atomic E-state index is 0.128. The van der Waals surface area contributed by atoms with Gasteiger partial charge in [-0.2, -0.15) is 0 Å². The molecule has 0 saturated heterocycles. The monoisotopic (exact) mass is 393 g/mol. The Morgan fingerprint density at radius 3 is 2.41 bits per heavy atom. The van der Waals surface area contributed by atoms with Gasteiger partial charge in [0.25, 0.3) is 5.91 Å². The first-order valence-corrected chi connectivity index (χ1v) is 10.6. The molecular formula is C23H31N5O. The average molecular weight is 394 g/mol. The average Bonchev–Trinajstić information content (AvgIpc) is 2.77. The van der Waals surface area contributed by atoms with Gasteiger partial charge in [0, 0.05) is 43.4 Å². The molecule has 29 heavy (non-hydrogen) atoms. The van der Waals surface area contributed by atoms with E-state index < -0.39 is 0 Å². The van der Waals surface area contributed by atoms with Gasteiger partial charge in [-0.25, -0.2) is 9.97 Å². The number of amides is 1. The molecule has 1 aromatic carbocycles. The zero-order chi connectivity index (χ0) is 20.5. The second-order valence-electron chi connectivity index (χ2n) is 7.25. The maximum Gasteiger partial charge on any atom is 0.254 e. The van der Waals surface area contributed by atoms with Crippen LogP contribution in [0.3, 0.4) is 0 Å². The minimum Gasteiger partial charge on any atom is -0.372 e. The van der Waals surface area contributed by atoms with Crippen molar-refractivity contribution in [3.8, 4) is 0 Å². The summed E-state index contributed by atoms with van der Waals surface area (Å²) in [4.78, 5) is 23.1. The topological polar surface area (TPSA) is 70.2 Å². The SMILES string of the molecule is CCN(CC)c1ccc(Nc2ncc(C(=O)NCCC3=CCCCC3)cn2)cc1. The van der Waals surface area contributed by atoms with E-state index >= 15 is 0 Å². The molecular weight excluding hydrogens is 362 g/mol.